The van der Waals surface area contributed by atoms with E-state index >= 15 is 0 Å². The fourth-order valence-corrected chi connectivity index (χ4v) is 1.64. The molecule has 2 rings (SSSR count). The molecule has 2 aromatic carbocycles. The van der Waals surface area contributed by atoms with Gasteiger partial charge in [-0.15, -0.1) is 11.6 Å². The maximum Gasteiger partial charge on any atom is 0.165 e. The summed E-state index contributed by atoms with van der Waals surface area (Å²) < 4.78 is 31.7. The van der Waals surface area contributed by atoms with Crippen LogP contribution in [-0.4, -0.2) is 5.88 Å². The summed E-state index contributed by atoms with van der Waals surface area (Å²) in [6.07, 6.45) is 0. The van der Waals surface area contributed by atoms with Gasteiger partial charge in [-0.25, -0.2) is 8.78 Å². The molecule has 0 atom stereocenters. The van der Waals surface area contributed by atoms with E-state index in [1.165, 1.54) is 24.3 Å². The van der Waals surface area contributed by atoms with E-state index in [0.717, 1.165) is 5.56 Å². The minimum Gasteiger partial charge on any atom is -0.486 e. The minimum absolute atomic E-state index is 0.107. The van der Waals surface area contributed by atoms with Crippen molar-refractivity contribution in [2.45, 2.75) is 6.61 Å². The number of rotatable bonds is 3. The highest BCUT2D eigenvalue weighted by atomic mass is 35.5. The topological polar surface area (TPSA) is 9.23 Å². The summed E-state index contributed by atoms with van der Waals surface area (Å²) in [6, 6.07) is 10.2. The Kier molecular flexibility index (Phi) is 4.97. The molecule has 0 spiro atoms. The molecular formula is C16H11ClF2O. The van der Waals surface area contributed by atoms with E-state index in [1.54, 1.807) is 18.2 Å². The molecule has 102 valence electrons. The third-order valence-electron chi connectivity index (χ3n) is 2.54. The van der Waals surface area contributed by atoms with E-state index < -0.39 is 5.82 Å². The Morgan fingerprint density at radius 2 is 1.80 bits per heavy atom. The molecule has 2 aromatic rings. The van der Waals surface area contributed by atoms with Crippen LogP contribution < -0.4 is 4.74 Å². The molecule has 0 radical (unpaired) electrons. The maximum absolute atomic E-state index is 13.6. The average Bonchev–Trinajstić information content (AvgIpc) is 2.46. The first-order chi connectivity index (χ1) is 9.69. The fourth-order valence-electron chi connectivity index (χ4n) is 1.57. The van der Waals surface area contributed by atoms with Gasteiger partial charge in [0.05, 0.1) is 5.88 Å². The summed E-state index contributed by atoms with van der Waals surface area (Å²) in [5, 5.41) is 0. The Morgan fingerprint density at radius 3 is 2.50 bits per heavy atom. The molecule has 0 fully saturated rings. The van der Waals surface area contributed by atoms with E-state index in [9.17, 15) is 8.78 Å². The van der Waals surface area contributed by atoms with E-state index in [2.05, 4.69) is 11.8 Å². The summed E-state index contributed by atoms with van der Waals surface area (Å²) in [5.41, 5.74) is 1.38. The number of hydrogen-bond acceptors (Lipinski definition) is 1. The molecule has 0 bridgehead atoms. The quantitative estimate of drug-likeness (QED) is 0.610. The first kappa shape index (κ1) is 14.4. The molecule has 0 heterocycles. The summed E-state index contributed by atoms with van der Waals surface area (Å²) in [7, 11) is 0. The summed E-state index contributed by atoms with van der Waals surface area (Å²) in [5.74, 6) is 5.00. The Hall–Kier alpha value is -2.05. The van der Waals surface area contributed by atoms with Crippen molar-refractivity contribution in [1.82, 2.24) is 0 Å². The predicted molar refractivity (Wildman–Crippen MR) is 74.7 cm³/mol. The van der Waals surface area contributed by atoms with Crippen LogP contribution >= 0.6 is 11.6 Å². The molecule has 0 aliphatic rings. The van der Waals surface area contributed by atoms with Gasteiger partial charge in [0.2, 0.25) is 0 Å². The lowest BCUT2D eigenvalue weighted by Gasteiger charge is -2.07. The first-order valence-electron chi connectivity index (χ1n) is 5.90. The second-order valence-electron chi connectivity index (χ2n) is 4.00. The van der Waals surface area contributed by atoms with E-state index in [-0.39, 0.29) is 24.1 Å². The lowest BCUT2D eigenvalue weighted by Crippen LogP contribution is -1.98. The van der Waals surface area contributed by atoms with E-state index in [4.69, 9.17) is 16.3 Å². The van der Waals surface area contributed by atoms with Crippen molar-refractivity contribution in [2.75, 3.05) is 5.88 Å². The number of alkyl halides is 1. The SMILES string of the molecule is Fc1ccc(COc2cc(C#CCCl)ccc2F)cc1. The fraction of sp³-hybridized carbons (Fsp3) is 0.125. The van der Waals surface area contributed by atoms with Crippen molar-refractivity contribution in [3.05, 3.63) is 65.2 Å². The lowest BCUT2D eigenvalue weighted by molar-refractivity contribution is 0.290. The van der Waals surface area contributed by atoms with Gasteiger partial charge in [-0.1, -0.05) is 24.0 Å². The van der Waals surface area contributed by atoms with Crippen LogP contribution in [0.25, 0.3) is 0 Å². The number of hydrogen-bond donors (Lipinski definition) is 0. The van der Waals surface area contributed by atoms with Crippen LogP contribution in [0.15, 0.2) is 42.5 Å². The van der Waals surface area contributed by atoms with Gasteiger partial charge in [0, 0.05) is 5.56 Å². The number of ether oxygens (including phenoxy) is 1. The largest absolute Gasteiger partial charge is 0.486 e. The van der Waals surface area contributed by atoms with E-state index in [0.29, 0.717) is 5.56 Å². The van der Waals surface area contributed by atoms with Gasteiger partial charge in [-0.2, -0.15) is 0 Å². The van der Waals surface area contributed by atoms with Gasteiger partial charge < -0.3 is 4.74 Å². The normalized spacial score (nSPS) is 9.75. The molecular weight excluding hydrogens is 282 g/mol. The number of benzene rings is 2. The van der Waals surface area contributed by atoms with Crippen LogP contribution in [0.2, 0.25) is 0 Å². The van der Waals surface area contributed by atoms with Crippen LogP contribution in [-0.2, 0) is 6.61 Å². The van der Waals surface area contributed by atoms with Crippen LogP contribution in [0, 0.1) is 23.5 Å². The molecule has 0 amide bonds. The van der Waals surface area contributed by atoms with Crippen LogP contribution in [0.5, 0.6) is 5.75 Å². The zero-order valence-electron chi connectivity index (χ0n) is 10.5. The van der Waals surface area contributed by atoms with Crippen molar-refractivity contribution in [3.8, 4) is 17.6 Å². The van der Waals surface area contributed by atoms with Gasteiger partial charge in [0.15, 0.2) is 11.6 Å². The van der Waals surface area contributed by atoms with Crippen molar-refractivity contribution in [1.29, 1.82) is 0 Å². The third-order valence-corrected chi connectivity index (χ3v) is 2.67. The monoisotopic (exact) mass is 292 g/mol. The molecule has 0 saturated carbocycles. The Bertz CT molecular complexity index is 642. The molecule has 0 N–H and O–H groups in total. The Balaban J connectivity index is 2.10. The summed E-state index contributed by atoms with van der Waals surface area (Å²) in [4.78, 5) is 0. The summed E-state index contributed by atoms with van der Waals surface area (Å²) >= 11 is 5.47. The Morgan fingerprint density at radius 1 is 1.05 bits per heavy atom. The zero-order chi connectivity index (χ0) is 14.4. The van der Waals surface area contributed by atoms with Crippen molar-refractivity contribution >= 4 is 11.6 Å². The van der Waals surface area contributed by atoms with Gasteiger partial charge in [0.1, 0.15) is 12.4 Å². The zero-order valence-corrected chi connectivity index (χ0v) is 11.3. The number of halogens is 3. The molecule has 0 unspecified atom stereocenters. The molecule has 1 nitrogen and oxygen atoms in total. The highest BCUT2D eigenvalue weighted by molar-refractivity contribution is 6.19. The predicted octanol–water partition coefficient (Wildman–Crippen LogP) is 4.13. The van der Waals surface area contributed by atoms with Crippen LogP contribution in [0.1, 0.15) is 11.1 Å². The molecule has 0 aliphatic heterocycles. The van der Waals surface area contributed by atoms with Gasteiger partial charge in [-0.05, 0) is 35.9 Å². The van der Waals surface area contributed by atoms with Crippen LogP contribution in [0.4, 0.5) is 8.78 Å². The highest BCUT2D eigenvalue weighted by Crippen LogP contribution is 2.20. The molecule has 4 heteroatoms. The Labute approximate surface area is 121 Å². The van der Waals surface area contributed by atoms with Gasteiger partial charge >= 0.3 is 0 Å². The standard InChI is InChI=1S/C16H11ClF2O/c17-9-1-2-12-5-8-15(19)16(10-12)20-11-13-3-6-14(18)7-4-13/h3-8,10H,9,11H2. The van der Waals surface area contributed by atoms with E-state index in [1.807, 2.05) is 0 Å². The smallest absolute Gasteiger partial charge is 0.165 e. The minimum atomic E-state index is -0.469. The lowest BCUT2D eigenvalue weighted by atomic mass is 10.2. The molecule has 0 aromatic heterocycles. The van der Waals surface area contributed by atoms with Crippen molar-refractivity contribution in [2.24, 2.45) is 0 Å². The summed E-state index contributed by atoms with van der Waals surface area (Å²) in [6.45, 7) is 0.156. The molecule has 20 heavy (non-hydrogen) atoms. The first-order valence-corrected chi connectivity index (χ1v) is 6.44. The second kappa shape index (κ2) is 6.93. The highest BCUT2D eigenvalue weighted by Gasteiger charge is 2.04. The third kappa shape index (κ3) is 3.97. The van der Waals surface area contributed by atoms with Crippen molar-refractivity contribution in [3.63, 3.8) is 0 Å². The second-order valence-corrected chi connectivity index (χ2v) is 4.26. The van der Waals surface area contributed by atoms with Crippen LogP contribution in [0.3, 0.4) is 0 Å². The molecule has 0 saturated heterocycles. The van der Waals surface area contributed by atoms with Gasteiger partial charge in [0.25, 0.3) is 0 Å². The maximum atomic E-state index is 13.6. The molecule has 0 aliphatic carbocycles. The average molecular weight is 293 g/mol. The van der Waals surface area contributed by atoms with Crippen molar-refractivity contribution < 1.29 is 13.5 Å². The van der Waals surface area contributed by atoms with Gasteiger partial charge in [-0.3, -0.25) is 0 Å².